The van der Waals surface area contributed by atoms with Crippen molar-refractivity contribution in [3.8, 4) is 5.75 Å². The highest BCUT2D eigenvalue weighted by Gasteiger charge is 2.02. The molecule has 0 aliphatic carbocycles. The molecule has 1 aromatic carbocycles. The largest absolute Gasteiger partial charge is 0.496 e. The van der Waals surface area contributed by atoms with Crippen molar-refractivity contribution in [2.24, 2.45) is 4.99 Å². The van der Waals surface area contributed by atoms with Gasteiger partial charge in [0, 0.05) is 31.0 Å². The maximum Gasteiger partial charge on any atom is 0.191 e. The Hall–Kier alpha value is -2.56. The maximum atomic E-state index is 5.36. The zero-order valence-corrected chi connectivity index (χ0v) is 13.7. The molecule has 0 bridgehead atoms. The topological polar surface area (TPSA) is 58.5 Å². The van der Waals surface area contributed by atoms with E-state index < -0.39 is 0 Å². The molecule has 0 saturated heterocycles. The summed E-state index contributed by atoms with van der Waals surface area (Å²) in [4.78, 5) is 8.75. The summed E-state index contributed by atoms with van der Waals surface area (Å²) in [6.07, 6.45) is 4.59. The number of hydrogen-bond acceptors (Lipinski definition) is 3. The summed E-state index contributed by atoms with van der Waals surface area (Å²) in [7, 11) is 1.68. The average Bonchev–Trinajstić information content (AvgIpc) is 2.61. The third kappa shape index (κ3) is 5.62. The molecule has 0 aliphatic rings. The molecule has 5 nitrogen and oxygen atoms in total. The maximum absolute atomic E-state index is 5.36. The number of aliphatic imine (C=N–C) groups is 1. The minimum absolute atomic E-state index is 0.576. The summed E-state index contributed by atoms with van der Waals surface area (Å²) >= 11 is 0. The number of hydrogen-bond donors (Lipinski definition) is 2. The first-order valence-corrected chi connectivity index (χ1v) is 7.86. The van der Waals surface area contributed by atoms with Gasteiger partial charge < -0.3 is 15.4 Å². The Bertz CT molecular complexity index is 613. The number of nitrogens with one attached hydrogen (secondary N) is 2. The number of ether oxygens (including phenoxy) is 1. The first-order chi connectivity index (χ1) is 11.3. The third-order valence-electron chi connectivity index (χ3n) is 3.37. The van der Waals surface area contributed by atoms with Crippen molar-refractivity contribution in [3.05, 3.63) is 59.9 Å². The molecule has 23 heavy (non-hydrogen) atoms. The van der Waals surface area contributed by atoms with Crippen molar-refractivity contribution < 1.29 is 4.74 Å². The molecule has 2 aromatic rings. The van der Waals surface area contributed by atoms with E-state index in [1.807, 2.05) is 36.5 Å². The van der Waals surface area contributed by atoms with E-state index in [9.17, 15) is 0 Å². The Morgan fingerprint density at radius 1 is 1.17 bits per heavy atom. The van der Waals surface area contributed by atoms with E-state index >= 15 is 0 Å². The SMILES string of the molecule is CCNC(=NCc1ccccc1OC)NCCc1cccnc1. The second-order valence-corrected chi connectivity index (χ2v) is 5.05. The lowest BCUT2D eigenvalue weighted by Gasteiger charge is -2.12. The van der Waals surface area contributed by atoms with E-state index in [0.717, 1.165) is 36.8 Å². The monoisotopic (exact) mass is 312 g/mol. The minimum Gasteiger partial charge on any atom is -0.496 e. The fourth-order valence-corrected chi connectivity index (χ4v) is 2.21. The van der Waals surface area contributed by atoms with Crippen LogP contribution in [0.5, 0.6) is 5.75 Å². The fraction of sp³-hybridized carbons (Fsp3) is 0.333. The predicted octanol–water partition coefficient (Wildman–Crippen LogP) is 2.39. The number of guanidine groups is 1. The van der Waals surface area contributed by atoms with Gasteiger partial charge in [-0.25, -0.2) is 4.99 Å². The molecule has 0 unspecified atom stereocenters. The molecule has 0 aliphatic heterocycles. The van der Waals surface area contributed by atoms with E-state index in [0.29, 0.717) is 6.54 Å². The van der Waals surface area contributed by atoms with Gasteiger partial charge in [-0.2, -0.15) is 0 Å². The van der Waals surface area contributed by atoms with Crippen LogP contribution in [0.25, 0.3) is 0 Å². The van der Waals surface area contributed by atoms with Crippen LogP contribution in [0.4, 0.5) is 0 Å². The van der Waals surface area contributed by atoms with Gasteiger partial charge in [0.2, 0.25) is 0 Å². The van der Waals surface area contributed by atoms with Gasteiger partial charge in [-0.1, -0.05) is 24.3 Å². The van der Waals surface area contributed by atoms with Crippen molar-refractivity contribution in [1.29, 1.82) is 0 Å². The molecule has 122 valence electrons. The molecule has 0 fully saturated rings. The molecular formula is C18H24N4O. The van der Waals surface area contributed by atoms with E-state index in [-0.39, 0.29) is 0 Å². The second kappa shape index (κ2) is 9.46. The smallest absolute Gasteiger partial charge is 0.191 e. The van der Waals surface area contributed by atoms with Crippen LogP contribution in [0.1, 0.15) is 18.1 Å². The number of methoxy groups -OCH3 is 1. The second-order valence-electron chi connectivity index (χ2n) is 5.05. The standard InChI is InChI=1S/C18H24N4O/c1-3-20-18(21-12-10-15-7-6-11-19-13-15)22-14-16-8-4-5-9-17(16)23-2/h4-9,11,13H,3,10,12,14H2,1-2H3,(H2,20,21,22). The van der Waals surface area contributed by atoms with Crippen LogP contribution in [-0.2, 0) is 13.0 Å². The van der Waals surface area contributed by atoms with Crippen LogP contribution in [0.15, 0.2) is 53.8 Å². The molecule has 0 spiro atoms. The Morgan fingerprint density at radius 2 is 2.04 bits per heavy atom. The van der Waals surface area contributed by atoms with Crippen LogP contribution >= 0.6 is 0 Å². The normalized spacial score (nSPS) is 11.1. The molecule has 0 radical (unpaired) electrons. The number of nitrogens with zero attached hydrogens (tertiary/aromatic N) is 2. The number of pyridine rings is 1. The number of rotatable bonds is 7. The Kier molecular flexibility index (Phi) is 6.91. The molecule has 0 atom stereocenters. The molecule has 1 heterocycles. The van der Waals surface area contributed by atoms with Crippen LogP contribution in [-0.4, -0.2) is 31.1 Å². The quantitative estimate of drug-likeness (QED) is 0.609. The van der Waals surface area contributed by atoms with Gasteiger partial charge in [0.25, 0.3) is 0 Å². The number of para-hydroxylation sites is 1. The summed E-state index contributed by atoms with van der Waals surface area (Å²) in [6, 6.07) is 12.0. The highest BCUT2D eigenvalue weighted by Crippen LogP contribution is 2.17. The van der Waals surface area contributed by atoms with Gasteiger partial charge in [0.15, 0.2) is 5.96 Å². The van der Waals surface area contributed by atoms with Crippen molar-refractivity contribution >= 4 is 5.96 Å². The zero-order valence-electron chi connectivity index (χ0n) is 13.7. The van der Waals surface area contributed by atoms with Gasteiger partial charge in [-0.15, -0.1) is 0 Å². The van der Waals surface area contributed by atoms with Crippen molar-refractivity contribution in [2.45, 2.75) is 19.9 Å². The predicted molar refractivity (Wildman–Crippen MR) is 93.8 cm³/mol. The lowest BCUT2D eigenvalue weighted by Crippen LogP contribution is -2.38. The molecule has 1 aromatic heterocycles. The van der Waals surface area contributed by atoms with Gasteiger partial charge in [0.05, 0.1) is 13.7 Å². The highest BCUT2D eigenvalue weighted by atomic mass is 16.5. The van der Waals surface area contributed by atoms with E-state index in [1.54, 1.807) is 13.3 Å². The molecule has 5 heteroatoms. The lowest BCUT2D eigenvalue weighted by molar-refractivity contribution is 0.410. The van der Waals surface area contributed by atoms with Gasteiger partial charge in [0.1, 0.15) is 5.75 Å². The molecule has 0 amide bonds. The third-order valence-corrected chi connectivity index (χ3v) is 3.37. The van der Waals surface area contributed by atoms with Crippen molar-refractivity contribution in [2.75, 3.05) is 20.2 Å². The van der Waals surface area contributed by atoms with Crippen LogP contribution in [0.3, 0.4) is 0 Å². The summed E-state index contributed by atoms with van der Waals surface area (Å²) in [5, 5.41) is 6.61. The molecular weight excluding hydrogens is 288 g/mol. The minimum atomic E-state index is 0.576. The molecule has 2 rings (SSSR count). The van der Waals surface area contributed by atoms with Crippen molar-refractivity contribution in [3.63, 3.8) is 0 Å². The lowest BCUT2D eigenvalue weighted by atomic mass is 10.2. The van der Waals surface area contributed by atoms with Crippen LogP contribution in [0.2, 0.25) is 0 Å². The zero-order chi connectivity index (χ0) is 16.3. The van der Waals surface area contributed by atoms with Gasteiger partial charge in [-0.3, -0.25) is 4.98 Å². The fourth-order valence-electron chi connectivity index (χ4n) is 2.21. The first kappa shape index (κ1) is 16.8. The Labute approximate surface area is 137 Å². The van der Waals surface area contributed by atoms with Crippen LogP contribution < -0.4 is 15.4 Å². The van der Waals surface area contributed by atoms with Crippen molar-refractivity contribution in [1.82, 2.24) is 15.6 Å². The Balaban J connectivity index is 1.91. The van der Waals surface area contributed by atoms with E-state index in [2.05, 4.69) is 33.6 Å². The Morgan fingerprint density at radius 3 is 2.78 bits per heavy atom. The van der Waals surface area contributed by atoms with Gasteiger partial charge in [-0.05, 0) is 31.0 Å². The number of benzene rings is 1. The van der Waals surface area contributed by atoms with E-state index in [4.69, 9.17) is 4.74 Å². The summed E-state index contributed by atoms with van der Waals surface area (Å²) in [6.45, 7) is 4.27. The van der Waals surface area contributed by atoms with Crippen LogP contribution in [0, 0.1) is 0 Å². The summed E-state index contributed by atoms with van der Waals surface area (Å²) in [5.41, 5.74) is 2.28. The summed E-state index contributed by atoms with van der Waals surface area (Å²) < 4.78 is 5.36. The average molecular weight is 312 g/mol. The molecule has 2 N–H and O–H groups in total. The van der Waals surface area contributed by atoms with E-state index in [1.165, 1.54) is 5.56 Å². The van der Waals surface area contributed by atoms with Gasteiger partial charge >= 0.3 is 0 Å². The molecule has 0 saturated carbocycles. The number of aromatic nitrogens is 1. The highest BCUT2D eigenvalue weighted by molar-refractivity contribution is 5.79. The summed E-state index contributed by atoms with van der Waals surface area (Å²) in [5.74, 6) is 1.67. The first-order valence-electron chi connectivity index (χ1n) is 7.86.